The average molecular weight is 343 g/mol. The van der Waals surface area contributed by atoms with Crippen molar-refractivity contribution in [1.82, 2.24) is 14.9 Å². The molecule has 0 bridgehead atoms. The van der Waals surface area contributed by atoms with Gasteiger partial charge in [-0.25, -0.2) is 4.98 Å². The van der Waals surface area contributed by atoms with Crippen molar-refractivity contribution < 1.29 is 9.53 Å². The quantitative estimate of drug-likeness (QED) is 0.905. The normalized spacial score (nSPS) is 20.6. The van der Waals surface area contributed by atoms with E-state index in [2.05, 4.69) is 16.9 Å². The molecular formula is C19H25N3O3. The second kappa shape index (κ2) is 7.78. The van der Waals surface area contributed by atoms with E-state index in [1.165, 1.54) is 6.42 Å². The van der Waals surface area contributed by atoms with Gasteiger partial charge in [-0.2, -0.15) is 0 Å². The van der Waals surface area contributed by atoms with Crippen LogP contribution in [0.3, 0.4) is 0 Å². The van der Waals surface area contributed by atoms with Crippen molar-refractivity contribution in [2.75, 3.05) is 13.7 Å². The Balaban J connectivity index is 1.58. The van der Waals surface area contributed by atoms with Crippen LogP contribution in [0.5, 0.6) is 0 Å². The Labute approximate surface area is 147 Å². The van der Waals surface area contributed by atoms with Crippen LogP contribution in [0.2, 0.25) is 0 Å². The van der Waals surface area contributed by atoms with Gasteiger partial charge in [0.2, 0.25) is 5.91 Å². The Morgan fingerprint density at radius 2 is 2.16 bits per heavy atom. The van der Waals surface area contributed by atoms with Crippen molar-refractivity contribution >= 4 is 16.8 Å². The predicted molar refractivity (Wildman–Crippen MR) is 96.2 cm³/mol. The number of hydrogen-bond acceptors (Lipinski definition) is 4. The van der Waals surface area contributed by atoms with Gasteiger partial charge in [0, 0.05) is 7.05 Å². The van der Waals surface area contributed by atoms with Gasteiger partial charge in [0.15, 0.2) is 0 Å². The van der Waals surface area contributed by atoms with Crippen LogP contribution in [0.1, 0.15) is 38.4 Å². The second-order valence-corrected chi connectivity index (χ2v) is 6.98. The van der Waals surface area contributed by atoms with Crippen LogP contribution in [-0.4, -0.2) is 40.5 Å². The van der Waals surface area contributed by atoms with Gasteiger partial charge < -0.3 is 14.6 Å². The van der Waals surface area contributed by atoms with E-state index in [1.54, 1.807) is 30.1 Å². The molecule has 6 nitrogen and oxygen atoms in total. The third-order valence-electron chi connectivity index (χ3n) is 4.81. The minimum Gasteiger partial charge on any atom is -0.368 e. The Kier molecular flexibility index (Phi) is 5.48. The van der Waals surface area contributed by atoms with Crippen LogP contribution in [0.15, 0.2) is 29.1 Å². The standard InChI is InChI=1S/C19H25N3O3/c1-13-6-5-7-14(10-13)25-12-18(23)22(2)11-17-20-16-9-4-3-8-15(16)19(24)21-17/h3-4,8-9,13-14H,5-7,10-12H2,1-2H3,(H,20,21,24)/t13-,14-/m0/s1. The number of aromatic nitrogens is 2. The summed E-state index contributed by atoms with van der Waals surface area (Å²) < 4.78 is 5.78. The van der Waals surface area contributed by atoms with E-state index in [4.69, 9.17) is 4.74 Å². The van der Waals surface area contributed by atoms with Gasteiger partial charge in [0.05, 0.1) is 23.6 Å². The minimum atomic E-state index is -0.186. The zero-order chi connectivity index (χ0) is 17.8. The lowest BCUT2D eigenvalue weighted by Gasteiger charge is -2.27. The smallest absolute Gasteiger partial charge is 0.258 e. The lowest BCUT2D eigenvalue weighted by atomic mass is 9.89. The molecule has 0 saturated heterocycles. The first kappa shape index (κ1) is 17.6. The number of benzene rings is 1. The third-order valence-corrected chi connectivity index (χ3v) is 4.81. The summed E-state index contributed by atoms with van der Waals surface area (Å²) in [6.07, 6.45) is 4.64. The molecule has 0 unspecified atom stereocenters. The summed E-state index contributed by atoms with van der Waals surface area (Å²) in [7, 11) is 1.70. The van der Waals surface area contributed by atoms with E-state index >= 15 is 0 Å². The maximum absolute atomic E-state index is 12.3. The van der Waals surface area contributed by atoms with Crippen molar-refractivity contribution in [2.24, 2.45) is 5.92 Å². The lowest BCUT2D eigenvalue weighted by Crippen LogP contribution is -2.33. The highest BCUT2D eigenvalue weighted by Gasteiger charge is 2.21. The van der Waals surface area contributed by atoms with Crippen LogP contribution in [0.25, 0.3) is 10.9 Å². The SMILES string of the molecule is C[C@H]1CCC[C@H](OCC(=O)N(C)Cc2nc3ccccc3c(=O)[nH]2)C1. The molecule has 2 aromatic rings. The molecule has 1 N–H and O–H groups in total. The lowest BCUT2D eigenvalue weighted by molar-refractivity contribution is -0.138. The molecule has 6 heteroatoms. The number of nitrogens with zero attached hydrogens (tertiary/aromatic N) is 2. The van der Waals surface area contributed by atoms with E-state index in [1.807, 2.05) is 6.07 Å². The summed E-state index contributed by atoms with van der Waals surface area (Å²) in [4.78, 5) is 33.1. The maximum Gasteiger partial charge on any atom is 0.258 e. The highest BCUT2D eigenvalue weighted by molar-refractivity contribution is 5.78. The number of aromatic amines is 1. The zero-order valence-electron chi connectivity index (χ0n) is 14.8. The number of rotatable bonds is 5. The van der Waals surface area contributed by atoms with Gasteiger partial charge in [-0.05, 0) is 30.9 Å². The third kappa shape index (κ3) is 4.45. The number of likely N-dealkylation sites (N-methyl/N-ethyl adjacent to an activating group) is 1. The Morgan fingerprint density at radius 3 is 2.96 bits per heavy atom. The highest BCUT2D eigenvalue weighted by atomic mass is 16.5. The summed E-state index contributed by atoms with van der Waals surface area (Å²) in [6, 6.07) is 7.17. The highest BCUT2D eigenvalue weighted by Crippen LogP contribution is 2.25. The average Bonchev–Trinajstić information content (AvgIpc) is 2.60. The number of nitrogens with one attached hydrogen (secondary N) is 1. The van der Waals surface area contributed by atoms with E-state index in [0.29, 0.717) is 22.6 Å². The van der Waals surface area contributed by atoms with Crippen molar-refractivity contribution in [3.63, 3.8) is 0 Å². The molecule has 1 fully saturated rings. The largest absolute Gasteiger partial charge is 0.368 e. The number of carbonyl (C=O) groups is 1. The molecule has 25 heavy (non-hydrogen) atoms. The van der Waals surface area contributed by atoms with E-state index < -0.39 is 0 Å². The van der Waals surface area contributed by atoms with Crippen molar-refractivity contribution in [3.05, 3.63) is 40.4 Å². The second-order valence-electron chi connectivity index (χ2n) is 6.98. The molecule has 1 aliphatic carbocycles. The topological polar surface area (TPSA) is 75.3 Å². The molecule has 2 atom stereocenters. The van der Waals surface area contributed by atoms with Gasteiger partial charge in [-0.1, -0.05) is 31.9 Å². The van der Waals surface area contributed by atoms with Gasteiger partial charge in [0.25, 0.3) is 5.56 Å². The molecule has 1 amide bonds. The minimum absolute atomic E-state index is 0.0751. The molecule has 1 aromatic heterocycles. The van der Waals surface area contributed by atoms with Crippen molar-refractivity contribution in [1.29, 1.82) is 0 Å². The molecular weight excluding hydrogens is 318 g/mol. The van der Waals surface area contributed by atoms with E-state index in [-0.39, 0.29) is 30.7 Å². The number of fused-ring (bicyclic) bond motifs is 1. The first-order valence-corrected chi connectivity index (χ1v) is 8.86. The number of carbonyl (C=O) groups excluding carboxylic acids is 1. The summed E-state index contributed by atoms with van der Waals surface area (Å²) in [5.74, 6) is 1.04. The Hall–Kier alpha value is -2.21. The molecule has 134 valence electrons. The number of hydrogen-bond donors (Lipinski definition) is 1. The van der Waals surface area contributed by atoms with Crippen molar-refractivity contribution in [2.45, 2.75) is 45.3 Å². The summed E-state index contributed by atoms with van der Waals surface area (Å²) in [5.41, 5.74) is 0.448. The van der Waals surface area contributed by atoms with Gasteiger partial charge in [-0.15, -0.1) is 0 Å². The number of amides is 1. The van der Waals surface area contributed by atoms with Gasteiger partial charge in [0.1, 0.15) is 12.4 Å². The zero-order valence-corrected chi connectivity index (χ0v) is 14.8. The number of para-hydroxylation sites is 1. The molecule has 0 spiro atoms. The molecule has 3 rings (SSSR count). The maximum atomic E-state index is 12.3. The van der Waals surface area contributed by atoms with Crippen LogP contribution < -0.4 is 5.56 Å². The summed E-state index contributed by atoms with van der Waals surface area (Å²) in [5, 5.41) is 0.551. The van der Waals surface area contributed by atoms with Crippen molar-refractivity contribution in [3.8, 4) is 0 Å². The Bertz CT molecular complexity index is 802. The van der Waals surface area contributed by atoms with E-state index in [0.717, 1.165) is 19.3 Å². The van der Waals surface area contributed by atoms with Crippen LogP contribution in [0.4, 0.5) is 0 Å². The van der Waals surface area contributed by atoms with Crippen LogP contribution in [0, 0.1) is 5.92 Å². The predicted octanol–water partition coefficient (Wildman–Crippen LogP) is 2.48. The molecule has 1 aliphatic rings. The summed E-state index contributed by atoms with van der Waals surface area (Å²) in [6.45, 7) is 2.56. The first-order chi connectivity index (χ1) is 12.0. The fourth-order valence-corrected chi connectivity index (χ4v) is 3.35. The molecule has 0 aliphatic heterocycles. The van der Waals surface area contributed by atoms with Crippen LogP contribution in [-0.2, 0) is 16.1 Å². The first-order valence-electron chi connectivity index (χ1n) is 8.86. The summed E-state index contributed by atoms with van der Waals surface area (Å²) >= 11 is 0. The monoisotopic (exact) mass is 343 g/mol. The number of H-pyrrole nitrogens is 1. The number of ether oxygens (including phenoxy) is 1. The molecule has 1 aromatic carbocycles. The van der Waals surface area contributed by atoms with E-state index in [9.17, 15) is 9.59 Å². The fourth-order valence-electron chi connectivity index (χ4n) is 3.35. The van der Waals surface area contributed by atoms with Gasteiger partial charge in [-0.3, -0.25) is 9.59 Å². The molecule has 0 radical (unpaired) electrons. The fraction of sp³-hybridized carbons (Fsp3) is 0.526. The van der Waals surface area contributed by atoms with Gasteiger partial charge >= 0.3 is 0 Å². The molecule has 1 saturated carbocycles. The molecule has 1 heterocycles. The Morgan fingerprint density at radius 1 is 1.36 bits per heavy atom. The van der Waals surface area contributed by atoms with Crippen LogP contribution >= 0.6 is 0 Å².